The van der Waals surface area contributed by atoms with Crippen molar-refractivity contribution in [3.63, 3.8) is 0 Å². The summed E-state index contributed by atoms with van der Waals surface area (Å²) in [5.41, 5.74) is 1.41. The van der Waals surface area contributed by atoms with Crippen molar-refractivity contribution in [2.45, 2.75) is 63.9 Å². The summed E-state index contributed by atoms with van der Waals surface area (Å²) in [6.45, 7) is 8.30. The Morgan fingerprint density at radius 2 is 1.83 bits per heavy atom. The summed E-state index contributed by atoms with van der Waals surface area (Å²) in [7, 11) is 1.45. The number of hydrogen-bond acceptors (Lipinski definition) is 4. The molecule has 1 aromatic heterocycles. The average molecular weight is 328 g/mol. The molecule has 128 valence electrons. The summed E-state index contributed by atoms with van der Waals surface area (Å²) in [5.74, 6) is 0. The van der Waals surface area contributed by atoms with E-state index in [1.807, 2.05) is 0 Å². The topological polar surface area (TPSA) is 45.5 Å². The predicted molar refractivity (Wildman–Crippen MR) is 94.5 cm³/mol. The van der Waals surface area contributed by atoms with Gasteiger partial charge in [0.1, 0.15) is 0 Å². The van der Waals surface area contributed by atoms with E-state index in [0.717, 1.165) is 29.2 Å². The lowest BCUT2D eigenvalue weighted by Gasteiger charge is -2.34. The van der Waals surface area contributed by atoms with Crippen LogP contribution in [0.15, 0.2) is 24.4 Å². The lowest BCUT2D eigenvalue weighted by Crippen LogP contribution is -2.41. The van der Waals surface area contributed by atoms with Crippen molar-refractivity contribution in [3.05, 3.63) is 24.4 Å². The van der Waals surface area contributed by atoms with Crippen molar-refractivity contribution in [3.8, 4) is 0 Å². The summed E-state index contributed by atoms with van der Waals surface area (Å²) < 4.78 is 19.7. The molecule has 2 aliphatic rings. The lowest BCUT2D eigenvalue weighted by molar-refractivity contribution is 0.00269. The van der Waals surface area contributed by atoms with Crippen LogP contribution in [0.2, 0.25) is 0 Å². The normalized spacial score (nSPS) is 28.3. The molecule has 2 heterocycles. The van der Waals surface area contributed by atoms with E-state index in [4.69, 9.17) is 19.1 Å². The summed E-state index contributed by atoms with van der Waals surface area (Å²) >= 11 is 0. The molecule has 1 saturated carbocycles. The highest BCUT2D eigenvalue weighted by Gasteiger charge is 2.51. The Labute approximate surface area is 143 Å². The first-order valence-electron chi connectivity index (χ1n) is 8.66. The molecule has 0 radical (unpaired) electrons. The van der Waals surface area contributed by atoms with E-state index in [0.29, 0.717) is 12.1 Å². The van der Waals surface area contributed by atoms with Crippen LogP contribution in [-0.2, 0) is 14.0 Å². The van der Waals surface area contributed by atoms with Gasteiger partial charge in [-0.05, 0) is 52.1 Å². The number of aromatic nitrogens is 2. The second kappa shape index (κ2) is 5.31. The fourth-order valence-corrected chi connectivity index (χ4v) is 3.32. The molecule has 4 rings (SSSR count). The first-order chi connectivity index (χ1) is 11.3. The van der Waals surface area contributed by atoms with Crippen LogP contribution in [0.1, 0.15) is 46.6 Å². The van der Waals surface area contributed by atoms with E-state index in [-0.39, 0.29) is 18.3 Å². The van der Waals surface area contributed by atoms with Crippen molar-refractivity contribution >= 4 is 23.5 Å². The highest BCUT2D eigenvalue weighted by molar-refractivity contribution is 6.62. The minimum atomic E-state index is -0.329. The smallest absolute Gasteiger partial charge is 0.399 e. The second-order valence-corrected chi connectivity index (χ2v) is 8.00. The zero-order valence-corrected chi connectivity index (χ0v) is 15.1. The van der Waals surface area contributed by atoms with Crippen LogP contribution in [0.25, 0.3) is 10.9 Å². The van der Waals surface area contributed by atoms with Gasteiger partial charge in [-0.3, -0.25) is 4.68 Å². The number of benzene rings is 1. The molecule has 0 amide bonds. The number of methoxy groups -OCH3 is 1. The van der Waals surface area contributed by atoms with Crippen LogP contribution in [-0.4, -0.2) is 41.3 Å². The number of fused-ring (bicyclic) bond motifs is 1. The van der Waals surface area contributed by atoms with Gasteiger partial charge in [-0.15, -0.1) is 0 Å². The van der Waals surface area contributed by atoms with E-state index >= 15 is 0 Å². The number of rotatable bonds is 3. The summed E-state index contributed by atoms with van der Waals surface area (Å²) in [6.07, 6.45) is 4.58. The van der Waals surface area contributed by atoms with Crippen LogP contribution >= 0.6 is 0 Å². The Morgan fingerprint density at radius 3 is 2.46 bits per heavy atom. The Kier molecular flexibility index (Phi) is 3.57. The molecular weight excluding hydrogens is 303 g/mol. The molecule has 1 aromatic carbocycles. The summed E-state index contributed by atoms with van der Waals surface area (Å²) in [4.78, 5) is 0. The van der Waals surface area contributed by atoms with Crippen molar-refractivity contribution < 1.29 is 14.0 Å². The Balaban J connectivity index is 1.58. The fourth-order valence-electron chi connectivity index (χ4n) is 3.32. The Morgan fingerprint density at radius 1 is 1.17 bits per heavy atom. The largest absolute Gasteiger partial charge is 0.494 e. The molecular formula is C18H25BN2O3. The van der Waals surface area contributed by atoms with Crippen molar-refractivity contribution in [2.75, 3.05) is 7.11 Å². The Hall–Kier alpha value is -1.37. The molecule has 2 fully saturated rings. The van der Waals surface area contributed by atoms with Crippen LogP contribution in [0, 0.1) is 0 Å². The second-order valence-electron chi connectivity index (χ2n) is 8.00. The van der Waals surface area contributed by atoms with Gasteiger partial charge < -0.3 is 14.0 Å². The minimum absolute atomic E-state index is 0.322. The molecule has 5 nitrogen and oxygen atoms in total. The zero-order valence-electron chi connectivity index (χ0n) is 15.1. The lowest BCUT2D eigenvalue weighted by atomic mass is 9.79. The molecule has 1 aliphatic heterocycles. The van der Waals surface area contributed by atoms with Crippen molar-refractivity contribution in [1.82, 2.24) is 9.78 Å². The maximum absolute atomic E-state index is 6.15. The number of ether oxygens (including phenoxy) is 1. The maximum Gasteiger partial charge on any atom is 0.494 e. The van der Waals surface area contributed by atoms with Gasteiger partial charge in [0, 0.05) is 18.7 Å². The number of nitrogens with zero attached hydrogens (tertiary/aromatic N) is 2. The number of hydrogen-bond donors (Lipinski definition) is 0. The van der Waals surface area contributed by atoms with Gasteiger partial charge in [-0.25, -0.2) is 0 Å². The molecule has 0 atom stereocenters. The molecule has 1 aliphatic carbocycles. The van der Waals surface area contributed by atoms with Gasteiger partial charge in [-0.2, -0.15) is 5.10 Å². The highest BCUT2D eigenvalue weighted by Crippen LogP contribution is 2.37. The Bertz CT molecular complexity index is 749. The SMILES string of the molecule is COC1CC(n2cc3cc(B4OC(C)(C)C(C)(C)O4)ccc3n2)C1. The van der Waals surface area contributed by atoms with E-state index in [1.54, 1.807) is 7.11 Å². The van der Waals surface area contributed by atoms with Crippen LogP contribution in [0.3, 0.4) is 0 Å². The van der Waals surface area contributed by atoms with Crippen LogP contribution < -0.4 is 5.46 Å². The first kappa shape index (κ1) is 16.1. The molecule has 1 saturated heterocycles. The third-order valence-corrected chi connectivity index (χ3v) is 5.85. The molecule has 0 N–H and O–H groups in total. The van der Waals surface area contributed by atoms with Crippen LogP contribution in [0.5, 0.6) is 0 Å². The minimum Gasteiger partial charge on any atom is -0.399 e. The van der Waals surface area contributed by atoms with Gasteiger partial charge in [0.15, 0.2) is 0 Å². The third kappa shape index (κ3) is 2.48. The van der Waals surface area contributed by atoms with E-state index in [1.165, 1.54) is 0 Å². The fraction of sp³-hybridized carbons (Fsp3) is 0.611. The third-order valence-electron chi connectivity index (χ3n) is 5.85. The van der Waals surface area contributed by atoms with Gasteiger partial charge >= 0.3 is 7.12 Å². The average Bonchev–Trinajstić information content (AvgIpc) is 2.95. The molecule has 0 spiro atoms. The molecule has 6 heteroatoms. The predicted octanol–water partition coefficient (Wildman–Crippen LogP) is 2.69. The molecule has 24 heavy (non-hydrogen) atoms. The molecule has 0 bridgehead atoms. The highest BCUT2D eigenvalue weighted by atomic mass is 16.7. The zero-order chi connectivity index (χ0) is 17.1. The van der Waals surface area contributed by atoms with Gasteiger partial charge in [0.2, 0.25) is 0 Å². The van der Waals surface area contributed by atoms with E-state index < -0.39 is 0 Å². The molecule has 2 aromatic rings. The van der Waals surface area contributed by atoms with Crippen LogP contribution in [0.4, 0.5) is 0 Å². The quantitative estimate of drug-likeness (QED) is 0.813. The van der Waals surface area contributed by atoms with Crippen molar-refractivity contribution in [2.24, 2.45) is 0 Å². The maximum atomic E-state index is 6.15. The molecule has 0 unspecified atom stereocenters. The summed E-state index contributed by atoms with van der Waals surface area (Å²) in [6, 6.07) is 6.69. The summed E-state index contributed by atoms with van der Waals surface area (Å²) in [5, 5.41) is 5.84. The van der Waals surface area contributed by atoms with E-state index in [2.05, 4.69) is 56.8 Å². The van der Waals surface area contributed by atoms with Crippen molar-refractivity contribution in [1.29, 1.82) is 0 Å². The standard InChI is InChI=1S/C18H25BN2O3/c1-17(2)18(3,4)24-19(23-17)13-6-7-16-12(8-13)11-21(20-16)14-9-15(10-14)22-5/h6-8,11,14-15H,9-10H2,1-5H3. The van der Waals surface area contributed by atoms with Gasteiger partial charge in [-0.1, -0.05) is 12.1 Å². The monoisotopic (exact) mass is 328 g/mol. The van der Waals surface area contributed by atoms with Gasteiger partial charge in [0.05, 0.1) is 28.9 Å². The van der Waals surface area contributed by atoms with E-state index in [9.17, 15) is 0 Å². The van der Waals surface area contributed by atoms with Gasteiger partial charge in [0.25, 0.3) is 0 Å². The first-order valence-corrected chi connectivity index (χ1v) is 8.66.